The van der Waals surface area contributed by atoms with Crippen molar-refractivity contribution in [3.8, 4) is 0 Å². The van der Waals surface area contributed by atoms with Crippen molar-refractivity contribution in [1.82, 2.24) is 0 Å². The van der Waals surface area contributed by atoms with E-state index in [-0.39, 0.29) is 11.7 Å². The Morgan fingerprint density at radius 3 is 2.52 bits per heavy atom. The largest absolute Gasteiger partial charge is 0.321 e. The van der Waals surface area contributed by atoms with E-state index >= 15 is 0 Å². The van der Waals surface area contributed by atoms with Gasteiger partial charge in [-0.1, -0.05) is 17.7 Å². The van der Waals surface area contributed by atoms with E-state index in [1.807, 2.05) is 38.1 Å². The summed E-state index contributed by atoms with van der Waals surface area (Å²) < 4.78 is 26.4. The average molecular weight is 403 g/mol. The van der Waals surface area contributed by atoms with E-state index in [4.69, 9.17) is 0 Å². The van der Waals surface area contributed by atoms with Crippen molar-refractivity contribution in [2.45, 2.75) is 20.8 Å². The zero-order chi connectivity index (χ0) is 19.8. The Balaban J connectivity index is 1.89. The van der Waals surface area contributed by atoms with Crippen molar-refractivity contribution in [2.75, 3.05) is 22.4 Å². The lowest BCUT2D eigenvalue weighted by atomic mass is 10.1. The molecule has 1 aromatic heterocycles. The molecule has 1 N–H and O–H groups in total. The Labute approximate surface area is 163 Å². The van der Waals surface area contributed by atoms with Gasteiger partial charge in [-0.15, -0.1) is 11.3 Å². The molecule has 2 aromatic carbocycles. The zero-order valence-electron chi connectivity index (χ0n) is 15.7. The lowest BCUT2D eigenvalue weighted by Crippen LogP contribution is -2.27. The fourth-order valence-corrected chi connectivity index (χ4v) is 4.59. The van der Waals surface area contributed by atoms with Gasteiger partial charge in [-0.3, -0.25) is 9.10 Å². The Bertz CT molecular complexity index is 1120. The predicted octanol–water partition coefficient (Wildman–Crippen LogP) is 4.56. The third-order valence-corrected chi connectivity index (χ3v) is 7.39. The first-order chi connectivity index (χ1) is 12.7. The van der Waals surface area contributed by atoms with Crippen molar-refractivity contribution in [3.05, 3.63) is 58.5 Å². The molecule has 1 amide bonds. The van der Waals surface area contributed by atoms with Gasteiger partial charge in [0.1, 0.15) is 0 Å². The molecule has 0 fully saturated rings. The zero-order valence-corrected chi connectivity index (χ0v) is 17.4. The molecule has 0 aliphatic rings. The van der Waals surface area contributed by atoms with Crippen LogP contribution in [0.3, 0.4) is 0 Å². The number of carbonyl (C=O) groups is 1. The van der Waals surface area contributed by atoms with Gasteiger partial charge in [-0.05, 0) is 62.1 Å². The normalized spacial score (nSPS) is 11.6. The minimum atomic E-state index is -3.32. The van der Waals surface area contributed by atoms with Crippen LogP contribution in [0.25, 0.3) is 10.1 Å². The molecule has 0 radical (unpaired) electrons. The molecule has 0 saturated heterocycles. The Morgan fingerprint density at radius 2 is 1.85 bits per heavy atom. The van der Waals surface area contributed by atoms with Crippen LogP contribution < -0.4 is 9.62 Å². The summed E-state index contributed by atoms with van der Waals surface area (Å²) in [4.78, 5) is 13.2. The number of benzene rings is 2. The molecule has 3 rings (SSSR count). The van der Waals surface area contributed by atoms with Gasteiger partial charge < -0.3 is 5.32 Å². The first kappa shape index (κ1) is 19.4. The average Bonchev–Trinajstić information content (AvgIpc) is 3.06. The summed E-state index contributed by atoms with van der Waals surface area (Å²) in [6.07, 6.45) is 0. The fourth-order valence-electron chi connectivity index (χ4n) is 2.83. The van der Waals surface area contributed by atoms with Crippen molar-refractivity contribution < 1.29 is 13.2 Å². The van der Waals surface area contributed by atoms with Gasteiger partial charge in [0.05, 0.1) is 16.3 Å². The molecule has 0 saturated carbocycles. The van der Waals surface area contributed by atoms with Gasteiger partial charge >= 0.3 is 0 Å². The van der Waals surface area contributed by atoms with E-state index in [1.54, 1.807) is 32.2 Å². The van der Waals surface area contributed by atoms with E-state index in [1.165, 1.54) is 15.6 Å². The summed E-state index contributed by atoms with van der Waals surface area (Å²) in [5.74, 6) is -0.131. The highest BCUT2D eigenvalue weighted by molar-refractivity contribution is 7.92. The summed E-state index contributed by atoms with van der Waals surface area (Å²) in [6, 6.07) is 13.1. The molecule has 3 aromatic rings. The molecule has 0 unspecified atom stereocenters. The number of anilines is 2. The molecule has 142 valence electrons. The molecular weight excluding hydrogens is 380 g/mol. The number of sulfonamides is 1. The third-order valence-electron chi connectivity index (χ3n) is 4.50. The van der Waals surface area contributed by atoms with Crippen LogP contribution in [-0.4, -0.2) is 27.1 Å². The minimum absolute atomic E-state index is 0.0364. The van der Waals surface area contributed by atoms with Gasteiger partial charge in [0.25, 0.3) is 5.91 Å². The summed E-state index contributed by atoms with van der Waals surface area (Å²) in [6.45, 7) is 5.59. The van der Waals surface area contributed by atoms with Crippen LogP contribution in [0.1, 0.15) is 27.7 Å². The molecule has 27 heavy (non-hydrogen) atoms. The molecule has 0 atom stereocenters. The Hall–Kier alpha value is -2.38. The van der Waals surface area contributed by atoms with E-state index in [9.17, 15) is 13.2 Å². The second-order valence-corrected chi connectivity index (χ2v) is 9.85. The monoisotopic (exact) mass is 402 g/mol. The predicted molar refractivity (Wildman–Crippen MR) is 114 cm³/mol. The van der Waals surface area contributed by atoms with E-state index in [0.29, 0.717) is 10.6 Å². The fraction of sp³-hybridized carbons (Fsp3) is 0.250. The van der Waals surface area contributed by atoms with Crippen molar-refractivity contribution in [1.29, 1.82) is 0 Å². The van der Waals surface area contributed by atoms with Gasteiger partial charge in [0.15, 0.2) is 0 Å². The van der Waals surface area contributed by atoms with Crippen LogP contribution >= 0.6 is 11.3 Å². The van der Waals surface area contributed by atoms with Gasteiger partial charge in [-0.2, -0.15) is 0 Å². The molecule has 0 spiro atoms. The van der Waals surface area contributed by atoms with Crippen LogP contribution in [0.5, 0.6) is 0 Å². The SMILES string of the molecule is CCS(=O)(=O)N(C)c1ccc2sc(C(=O)Nc3ccc(C)cc3C)cc2c1. The number of thiophene rings is 1. The quantitative estimate of drug-likeness (QED) is 0.680. The van der Waals surface area contributed by atoms with Crippen LogP contribution in [0, 0.1) is 13.8 Å². The topological polar surface area (TPSA) is 66.5 Å². The number of nitrogens with one attached hydrogen (secondary N) is 1. The van der Waals surface area contributed by atoms with E-state index in [0.717, 1.165) is 26.9 Å². The first-order valence-electron chi connectivity index (χ1n) is 8.60. The molecule has 0 aliphatic heterocycles. The van der Waals surface area contributed by atoms with Crippen LogP contribution in [0.15, 0.2) is 42.5 Å². The highest BCUT2D eigenvalue weighted by Crippen LogP contribution is 2.31. The number of hydrogen-bond acceptors (Lipinski definition) is 4. The summed E-state index contributed by atoms with van der Waals surface area (Å²) >= 11 is 1.39. The number of nitrogens with zero attached hydrogens (tertiary/aromatic N) is 1. The highest BCUT2D eigenvalue weighted by Gasteiger charge is 2.17. The van der Waals surface area contributed by atoms with Crippen LogP contribution in [0.4, 0.5) is 11.4 Å². The number of amides is 1. The van der Waals surface area contributed by atoms with Crippen LogP contribution in [-0.2, 0) is 10.0 Å². The number of carbonyl (C=O) groups excluding carboxylic acids is 1. The smallest absolute Gasteiger partial charge is 0.265 e. The standard InChI is InChI=1S/C20H22N2O3S2/c1-5-27(24,25)22(4)16-7-9-18-15(11-16)12-19(26-18)20(23)21-17-8-6-13(2)10-14(17)3/h6-12H,5H2,1-4H3,(H,21,23). The lowest BCUT2D eigenvalue weighted by molar-refractivity contribution is 0.103. The van der Waals surface area contributed by atoms with E-state index in [2.05, 4.69) is 5.32 Å². The maximum Gasteiger partial charge on any atom is 0.265 e. The molecule has 7 heteroatoms. The molecule has 0 bridgehead atoms. The minimum Gasteiger partial charge on any atom is -0.321 e. The Morgan fingerprint density at radius 1 is 1.11 bits per heavy atom. The summed E-state index contributed by atoms with van der Waals surface area (Å²) in [7, 11) is -1.78. The summed E-state index contributed by atoms with van der Waals surface area (Å²) in [5, 5.41) is 3.80. The number of fused-ring (bicyclic) bond motifs is 1. The van der Waals surface area contributed by atoms with Crippen molar-refractivity contribution in [2.24, 2.45) is 0 Å². The van der Waals surface area contributed by atoms with Crippen molar-refractivity contribution >= 4 is 48.7 Å². The number of aryl methyl sites for hydroxylation is 2. The highest BCUT2D eigenvalue weighted by atomic mass is 32.2. The van der Waals surface area contributed by atoms with Crippen LogP contribution in [0.2, 0.25) is 0 Å². The maximum atomic E-state index is 12.6. The number of rotatable bonds is 5. The van der Waals surface area contributed by atoms with Gasteiger partial charge in [0, 0.05) is 17.4 Å². The third kappa shape index (κ3) is 3.99. The second kappa shape index (κ2) is 7.32. The van der Waals surface area contributed by atoms with E-state index < -0.39 is 10.0 Å². The molecule has 5 nitrogen and oxygen atoms in total. The molecular formula is C20H22N2O3S2. The summed E-state index contributed by atoms with van der Waals surface area (Å²) in [5.41, 5.74) is 3.53. The van der Waals surface area contributed by atoms with Gasteiger partial charge in [0.2, 0.25) is 10.0 Å². The first-order valence-corrected chi connectivity index (χ1v) is 11.0. The second-order valence-electron chi connectivity index (χ2n) is 6.47. The number of hydrogen-bond donors (Lipinski definition) is 1. The Kier molecular flexibility index (Phi) is 5.26. The van der Waals surface area contributed by atoms with Gasteiger partial charge in [-0.25, -0.2) is 8.42 Å². The van der Waals surface area contributed by atoms with Crippen molar-refractivity contribution in [3.63, 3.8) is 0 Å². The molecule has 0 aliphatic carbocycles. The lowest BCUT2D eigenvalue weighted by Gasteiger charge is -2.18. The molecule has 1 heterocycles. The maximum absolute atomic E-state index is 12.6.